The number of nitrogens with zero attached hydrogens (tertiary/aromatic N) is 3. The number of nitrogens with one attached hydrogen (secondary N) is 1. The number of anilines is 1. The van der Waals surface area contributed by atoms with Gasteiger partial charge in [-0.25, -0.2) is 4.98 Å². The van der Waals surface area contributed by atoms with Crippen LogP contribution in [-0.2, 0) is 0 Å². The van der Waals surface area contributed by atoms with Crippen molar-refractivity contribution >= 4 is 34.2 Å². The van der Waals surface area contributed by atoms with Gasteiger partial charge in [0.15, 0.2) is 5.82 Å². The number of aromatic nitrogens is 3. The summed E-state index contributed by atoms with van der Waals surface area (Å²) in [6.07, 6.45) is 0. The Balaban J connectivity index is 1.83. The number of hydrogen-bond donors (Lipinski definition) is 1. The first-order valence-corrected chi connectivity index (χ1v) is 8.05. The predicted molar refractivity (Wildman–Crippen MR) is 89.0 cm³/mol. The summed E-state index contributed by atoms with van der Waals surface area (Å²) in [5.74, 6) is 0.652. The molecule has 0 aliphatic rings. The molecule has 0 unspecified atom stereocenters. The Labute approximate surface area is 140 Å². The van der Waals surface area contributed by atoms with Gasteiger partial charge in [0.25, 0.3) is 11.6 Å². The van der Waals surface area contributed by atoms with Crippen molar-refractivity contribution in [1.29, 1.82) is 0 Å². The van der Waals surface area contributed by atoms with E-state index in [2.05, 4.69) is 20.6 Å². The van der Waals surface area contributed by atoms with Crippen LogP contribution >= 0.6 is 11.3 Å². The SMILES string of the molecule is Cc1cc(NC(=O)c2cc(-c3cccs3)nc3onc(C)c23)no1. The molecular formula is C16H12N4O3S. The molecule has 0 atom stereocenters. The second-order valence-electron chi connectivity index (χ2n) is 5.26. The number of amides is 1. The van der Waals surface area contributed by atoms with Gasteiger partial charge in [-0.05, 0) is 31.4 Å². The lowest BCUT2D eigenvalue weighted by atomic mass is 10.1. The van der Waals surface area contributed by atoms with Crippen molar-refractivity contribution in [3.63, 3.8) is 0 Å². The molecule has 1 amide bonds. The Kier molecular flexibility index (Phi) is 3.39. The molecule has 0 fully saturated rings. The van der Waals surface area contributed by atoms with E-state index in [-0.39, 0.29) is 5.91 Å². The highest BCUT2D eigenvalue weighted by Crippen LogP contribution is 2.29. The van der Waals surface area contributed by atoms with E-state index in [1.165, 1.54) is 11.3 Å². The molecule has 0 bridgehead atoms. The van der Waals surface area contributed by atoms with E-state index >= 15 is 0 Å². The van der Waals surface area contributed by atoms with Gasteiger partial charge in [-0.3, -0.25) is 4.79 Å². The van der Waals surface area contributed by atoms with E-state index in [1.54, 1.807) is 26.0 Å². The maximum Gasteiger partial charge on any atom is 0.259 e. The molecular weight excluding hydrogens is 328 g/mol. The van der Waals surface area contributed by atoms with E-state index in [0.29, 0.717) is 39.6 Å². The minimum absolute atomic E-state index is 0.320. The van der Waals surface area contributed by atoms with E-state index < -0.39 is 0 Å². The standard InChI is InChI=1S/C16H12N4O3S/c1-8-6-13(20-22-8)18-15(21)10-7-11(12-4-3-5-24-12)17-16-14(10)9(2)19-23-16/h3-7H,1-2H3,(H,18,20,21). The fourth-order valence-electron chi connectivity index (χ4n) is 2.43. The monoisotopic (exact) mass is 340 g/mol. The van der Waals surface area contributed by atoms with Gasteiger partial charge in [0.2, 0.25) is 0 Å². The van der Waals surface area contributed by atoms with Crippen molar-refractivity contribution < 1.29 is 13.8 Å². The van der Waals surface area contributed by atoms with Crippen molar-refractivity contribution in [2.24, 2.45) is 0 Å². The lowest BCUT2D eigenvalue weighted by Gasteiger charge is -2.05. The van der Waals surface area contributed by atoms with Crippen molar-refractivity contribution in [2.45, 2.75) is 13.8 Å². The Bertz CT molecular complexity index is 1030. The zero-order valence-corrected chi connectivity index (χ0v) is 13.7. The first-order valence-electron chi connectivity index (χ1n) is 7.17. The van der Waals surface area contributed by atoms with E-state index in [9.17, 15) is 4.79 Å². The van der Waals surface area contributed by atoms with Crippen LogP contribution in [0.3, 0.4) is 0 Å². The fourth-order valence-corrected chi connectivity index (χ4v) is 3.12. The average Bonchev–Trinajstić information content (AvgIpc) is 3.29. The van der Waals surface area contributed by atoms with Crippen molar-refractivity contribution in [1.82, 2.24) is 15.3 Å². The molecule has 120 valence electrons. The molecule has 0 spiro atoms. The predicted octanol–water partition coefficient (Wildman–Crippen LogP) is 3.81. The van der Waals surface area contributed by atoms with Gasteiger partial charge in [0.05, 0.1) is 27.2 Å². The molecule has 0 aromatic carbocycles. The zero-order valence-electron chi connectivity index (χ0n) is 12.9. The third-order valence-electron chi connectivity index (χ3n) is 3.50. The molecule has 4 rings (SSSR count). The zero-order chi connectivity index (χ0) is 16.7. The first-order chi connectivity index (χ1) is 11.6. The van der Waals surface area contributed by atoms with Crippen molar-refractivity contribution in [3.8, 4) is 10.6 Å². The van der Waals surface area contributed by atoms with Gasteiger partial charge in [-0.15, -0.1) is 11.3 Å². The van der Waals surface area contributed by atoms with Crippen LogP contribution in [0.15, 0.2) is 38.7 Å². The molecule has 0 aliphatic carbocycles. The van der Waals surface area contributed by atoms with Gasteiger partial charge in [-0.1, -0.05) is 16.4 Å². The summed E-state index contributed by atoms with van der Waals surface area (Å²) >= 11 is 1.54. The number of hydrogen-bond acceptors (Lipinski definition) is 7. The Morgan fingerprint density at radius 1 is 1.21 bits per heavy atom. The molecule has 0 saturated carbocycles. The molecule has 4 aromatic rings. The lowest BCUT2D eigenvalue weighted by Crippen LogP contribution is -2.13. The molecule has 0 saturated heterocycles. The number of pyridine rings is 1. The van der Waals surface area contributed by atoms with Crippen molar-refractivity contribution in [2.75, 3.05) is 5.32 Å². The highest BCUT2D eigenvalue weighted by molar-refractivity contribution is 7.13. The van der Waals surface area contributed by atoms with Crippen LogP contribution in [0.25, 0.3) is 21.7 Å². The number of carbonyl (C=O) groups excluding carboxylic acids is 1. The largest absolute Gasteiger partial charge is 0.360 e. The molecule has 4 aromatic heterocycles. The summed E-state index contributed by atoms with van der Waals surface area (Å²) < 4.78 is 10.2. The highest BCUT2D eigenvalue weighted by Gasteiger charge is 2.20. The number of thiophene rings is 1. The summed E-state index contributed by atoms with van der Waals surface area (Å²) in [5, 5.41) is 13.0. The number of fused-ring (bicyclic) bond motifs is 1. The van der Waals surface area contributed by atoms with Gasteiger partial charge < -0.3 is 14.4 Å². The van der Waals surface area contributed by atoms with Crippen LogP contribution in [0.1, 0.15) is 21.8 Å². The maximum atomic E-state index is 12.7. The van der Waals surface area contributed by atoms with E-state index in [1.807, 2.05) is 17.5 Å². The average molecular weight is 340 g/mol. The Morgan fingerprint density at radius 3 is 2.79 bits per heavy atom. The van der Waals surface area contributed by atoms with Gasteiger partial charge >= 0.3 is 0 Å². The normalized spacial score (nSPS) is 11.1. The summed E-state index contributed by atoms with van der Waals surface area (Å²) in [6.45, 7) is 3.53. The molecule has 0 aliphatic heterocycles. The molecule has 8 heteroatoms. The lowest BCUT2D eigenvalue weighted by molar-refractivity contribution is 0.102. The summed E-state index contributed by atoms with van der Waals surface area (Å²) in [6, 6.07) is 7.25. The van der Waals surface area contributed by atoms with Gasteiger partial charge in [0, 0.05) is 6.07 Å². The van der Waals surface area contributed by atoms with E-state index in [4.69, 9.17) is 9.05 Å². The highest BCUT2D eigenvalue weighted by atomic mass is 32.1. The van der Waals surface area contributed by atoms with Crippen LogP contribution < -0.4 is 5.32 Å². The fraction of sp³-hybridized carbons (Fsp3) is 0.125. The van der Waals surface area contributed by atoms with Crippen LogP contribution in [0.2, 0.25) is 0 Å². The number of carbonyl (C=O) groups is 1. The minimum Gasteiger partial charge on any atom is -0.360 e. The molecule has 24 heavy (non-hydrogen) atoms. The Hall–Kier alpha value is -3.00. The molecule has 7 nitrogen and oxygen atoms in total. The summed E-state index contributed by atoms with van der Waals surface area (Å²) in [7, 11) is 0. The summed E-state index contributed by atoms with van der Waals surface area (Å²) in [5.41, 5.74) is 2.04. The van der Waals surface area contributed by atoms with Crippen LogP contribution in [0.5, 0.6) is 0 Å². The van der Waals surface area contributed by atoms with Crippen LogP contribution in [0.4, 0.5) is 5.82 Å². The maximum absolute atomic E-state index is 12.7. The topological polar surface area (TPSA) is 94.1 Å². The summed E-state index contributed by atoms with van der Waals surface area (Å²) in [4.78, 5) is 18.1. The van der Waals surface area contributed by atoms with Crippen molar-refractivity contribution in [3.05, 3.63) is 46.7 Å². The third kappa shape index (κ3) is 2.46. The minimum atomic E-state index is -0.320. The number of aryl methyl sites for hydroxylation is 2. The van der Waals surface area contributed by atoms with Crippen LogP contribution in [-0.4, -0.2) is 21.2 Å². The van der Waals surface area contributed by atoms with Gasteiger partial charge in [-0.2, -0.15) is 0 Å². The van der Waals surface area contributed by atoms with E-state index in [0.717, 1.165) is 4.88 Å². The smallest absolute Gasteiger partial charge is 0.259 e. The quantitative estimate of drug-likeness (QED) is 0.609. The second-order valence-corrected chi connectivity index (χ2v) is 6.21. The van der Waals surface area contributed by atoms with Gasteiger partial charge in [0.1, 0.15) is 5.76 Å². The third-order valence-corrected chi connectivity index (χ3v) is 4.40. The molecule has 1 N–H and O–H groups in total. The van der Waals surface area contributed by atoms with Crippen LogP contribution in [0, 0.1) is 13.8 Å². The Morgan fingerprint density at radius 2 is 2.08 bits per heavy atom. The number of rotatable bonds is 3. The second kappa shape index (κ2) is 5.57. The first kappa shape index (κ1) is 14.6. The molecule has 0 radical (unpaired) electrons. The molecule has 4 heterocycles.